The summed E-state index contributed by atoms with van der Waals surface area (Å²) in [5.41, 5.74) is 0. The highest BCUT2D eigenvalue weighted by Crippen LogP contribution is 2.10. The molecule has 1 heterocycles. The van der Waals surface area contributed by atoms with Gasteiger partial charge < -0.3 is 15.0 Å². The minimum Gasteiger partial charge on any atom is -0.469 e. The third kappa shape index (κ3) is 3.48. The predicted molar refractivity (Wildman–Crippen MR) is 59.8 cm³/mol. The number of methoxy groups -OCH3 is 1. The molecular weight excluding hydrogens is 208 g/mol. The van der Waals surface area contributed by atoms with E-state index in [4.69, 9.17) is 0 Å². The lowest BCUT2D eigenvalue weighted by atomic mass is 10.0. The van der Waals surface area contributed by atoms with Crippen LogP contribution in [-0.4, -0.2) is 50.1 Å². The van der Waals surface area contributed by atoms with E-state index in [0.29, 0.717) is 19.5 Å². The zero-order valence-electron chi connectivity index (χ0n) is 10.2. The molecule has 2 atom stereocenters. The van der Waals surface area contributed by atoms with Crippen molar-refractivity contribution in [1.82, 2.24) is 10.2 Å². The molecule has 5 heteroatoms. The summed E-state index contributed by atoms with van der Waals surface area (Å²) in [6.45, 7) is 3.14. The Balaban J connectivity index is 2.28. The first-order chi connectivity index (χ1) is 7.54. The average molecular weight is 228 g/mol. The van der Waals surface area contributed by atoms with Crippen LogP contribution in [0.3, 0.4) is 0 Å². The zero-order chi connectivity index (χ0) is 12.1. The summed E-state index contributed by atoms with van der Waals surface area (Å²) in [6.07, 6.45) is 1.43. The van der Waals surface area contributed by atoms with Crippen LogP contribution in [-0.2, 0) is 14.3 Å². The van der Waals surface area contributed by atoms with E-state index in [0.717, 1.165) is 6.42 Å². The number of likely N-dealkylation sites (tertiary alicyclic amines) is 1. The summed E-state index contributed by atoms with van der Waals surface area (Å²) < 4.78 is 4.65. The standard InChI is InChI=1S/C11H20N2O3/c1-8(11(15)16-3)6-12-9-4-5-10(14)13(2)7-9/h8-9,12H,4-7H2,1-3H3. The smallest absolute Gasteiger partial charge is 0.309 e. The first kappa shape index (κ1) is 13.0. The Bertz CT molecular complexity index is 268. The molecule has 5 nitrogen and oxygen atoms in total. The Hall–Kier alpha value is -1.10. The Morgan fingerprint density at radius 1 is 1.69 bits per heavy atom. The molecule has 1 fully saturated rings. The first-order valence-electron chi connectivity index (χ1n) is 5.59. The Labute approximate surface area is 96.1 Å². The van der Waals surface area contributed by atoms with E-state index in [9.17, 15) is 9.59 Å². The predicted octanol–water partition coefficient (Wildman–Crippen LogP) is 0.00590. The van der Waals surface area contributed by atoms with Crippen LogP contribution in [0.4, 0.5) is 0 Å². The van der Waals surface area contributed by atoms with Crippen molar-refractivity contribution in [3.63, 3.8) is 0 Å². The van der Waals surface area contributed by atoms with Crippen molar-refractivity contribution in [3.05, 3.63) is 0 Å². The van der Waals surface area contributed by atoms with Crippen LogP contribution in [0, 0.1) is 5.92 Å². The lowest BCUT2D eigenvalue weighted by Crippen LogP contribution is -2.48. The maximum atomic E-state index is 11.3. The zero-order valence-corrected chi connectivity index (χ0v) is 10.2. The topological polar surface area (TPSA) is 58.6 Å². The van der Waals surface area contributed by atoms with E-state index in [2.05, 4.69) is 10.1 Å². The fraction of sp³-hybridized carbons (Fsp3) is 0.818. The summed E-state index contributed by atoms with van der Waals surface area (Å²) in [7, 11) is 3.20. The molecule has 0 radical (unpaired) electrons. The third-order valence-electron chi connectivity index (χ3n) is 2.94. The molecule has 0 aromatic heterocycles. The highest BCUT2D eigenvalue weighted by atomic mass is 16.5. The number of hydrogen-bond acceptors (Lipinski definition) is 4. The first-order valence-corrected chi connectivity index (χ1v) is 5.59. The monoisotopic (exact) mass is 228 g/mol. The normalized spacial score (nSPS) is 23.1. The highest BCUT2D eigenvalue weighted by Gasteiger charge is 2.23. The maximum Gasteiger partial charge on any atom is 0.309 e. The van der Waals surface area contributed by atoms with Gasteiger partial charge in [0.2, 0.25) is 5.91 Å². The van der Waals surface area contributed by atoms with Gasteiger partial charge in [-0.15, -0.1) is 0 Å². The van der Waals surface area contributed by atoms with Crippen molar-refractivity contribution >= 4 is 11.9 Å². The largest absolute Gasteiger partial charge is 0.469 e. The number of nitrogens with one attached hydrogen (secondary N) is 1. The molecule has 0 aromatic carbocycles. The number of carbonyl (C=O) groups is 2. The molecule has 0 spiro atoms. The molecule has 1 amide bonds. The Morgan fingerprint density at radius 2 is 2.38 bits per heavy atom. The number of likely N-dealkylation sites (N-methyl/N-ethyl adjacent to an activating group) is 1. The molecule has 16 heavy (non-hydrogen) atoms. The maximum absolute atomic E-state index is 11.3. The number of rotatable bonds is 4. The number of carbonyl (C=O) groups excluding carboxylic acids is 2. The van der Waals surface area contributed by atoms with Gasteiger partial charge in [0.15, 0.2) is 0 Å². The molecule has 92 valence electrons. The number of ether oxygens (including phenoxy) is 1. The van der Waals surface area contributed by atoms with Gasteiger partial charge in [0.25, 0.3) is 0 Å². The molecule has 1 aliphatic rings. The second kappa shape index (κ2) is 5.84. The number of esters is 1. The third-order valence-corrected chi connectivity index (χ3v) is 2.94. The molecule has 0 bridgehead atoms. The Morgan fingerprint density at radius 3 is 2.94 bits per heavy atom. The molecule has 1 saturated heterocycles. The van der Waals surface area contributed by atoms with Crippen LogP contribution in [0.15, 0.2) is 0 Å². The van der Waals surface area contributed by atoms with Gasteiger partial charge in [0.05, 0.1) is 13.0 Å². The number of amides is 1. The van der Waals surface area contributed by atoms with Crippen LogP contribution in [0.5, 0.6) is 0 Å². The van der Waals surface area contributed by atoms with Crippen molar-refractivity contribution in [2.45, 2.75) is 25.8 Å². The SMILES string of the molecule is COC(=O)C(C)CNC1CCC(=O)N(C)C1. The van der Waals surface area contributed by atoms with Crippen molar-refractivity contribution in [2.24, 2.45) is 5.92 Å². The highest BCUT2D eigenvalue weighted by molar-refractivity contribution is 5.76. The fourth-order valence-electron chi connectivity index (χ4n) is 1.81. The second-order valence-electron chi connectivity index (χ2n) is 4.34. The van der Waals surface area contributed by atoms with E-state index in [1.165, 1.54) is 7.11 Å². The van der Waals surface area contributed by atoms with E-state index in [-0.39, 0.29) is 23.8 Å². The van der Waals surface area contributed by atoms with Gasteiger partial charge in [0.1, 0.15) is 0 Å². The van der Waals surface area contributed by atoms with Crippen LogP contribution in [0.2, 0.25) is 0 Å². The van der Waals surface area contributed by atoms with E-state index in [1.54, 1.807) is 11.9 Å². The molecule has 1 rings (SSSR count). The minimum absolute atomic E-state index is 0.145. The van der Waals surface area contributed by atoms with Crippen LogP contribution in [0.1, 0.15) is 19.8 Å². The quantitative estimate of drug-likeness (QED) is 0.688. The van der Waals surface area contributed by atoms with Crippen LogP contribution >= 0.6 is 0 Å². The van der Waals surface area contributed by atoms with Crippen LogP contribution in [0.25, 0.3) is 0 Å². The van der Waals surface area contributed by atoms with Crippen molar-refractivity contribution < 1.29 is 14.3 Å². The molecule has 1 N–H and O–H groups in total. The van der Waals surface area contributed by atoms with Crippen molar-refractivity contribution in [2.75, 3.05) is 27.2 Å². The minimum atomic E-state index is -0.201. The number of piperidine rings is 1. The second-order valence-corrected chi connectivity index (χ2v) is 4.34. The molecule has 0 aliphatic carbocycles. The Kier molecular flexibility index (Phi) is 4.73. The summed E-state index contributed by atoms with van der Waals surface area (Å²) in [4.78, 5) is 24.2. The van der Waals surface area contributed by atoms with Crippen molar-refractivity contribution in [3.8, 4) is 0 Å². The van der Waals surface area contributed by atoms with E-state index in [1.807, 2.05) is 6.92 Å². The molecule has 0 saturated carbocycles. The van der Waals surface area contributed by atoms with Crippen LogP contribution < -0.4 is 5.32 Å². The van der Waals surface area contributed by atoms with Gasteiger partial charge in [-0.3, -0.25) is 9.59 Å². The lowest BCUT2D eigenvalue weighted by Gasteiger charge is -2.30. The summed E-state index contributed by atoms with van der Waals surface area (Å²) in [5.74, 6) is -0.153. The summed E-state index contributed by atoms with van der Waals surface area (Å²) in [6, 6.07) is 0.287. The average Bonchev–Trinajstić information content (AvgIpc) is 2.29. The lowest BCUT2D eigenvalue weighted by molar-refractivity contribution is -0.144. The van der Waals surface area contributed by atoms with E-state index < -0.39 is 0 Å². The van der Waals surface area contributed by atoms with E-state index >= 15 is 0 Å². The number of hydrogen-bond donors (Lipinski definition) is 1. The summed E-state index contributed by atoms with van der Waals surface area (Å²) >= 11 is 0. The van der Waals surface area contributed by atoms with Gasteiger partial charge in [-0.2, -0.15) is 0 Å². The molecule has 2 unspecified atom stereocenters. The van der Waals surface area contributed by atoms with Gasteiger partial charge in [-0.1, -0.05) is 6.92 Å². The molecular formula is C11H20N2O3. The van der Waals surface area contributed by atoms with Gasteiger partial charge in [-0.05, 0) is 6.42 Å². The van der Waals surface area contributed by atoms with Gasteiger partial charge in [0, 0.05) is 32.6 Å². The molecule has 0 aromatic rings. The van der Waals surface area contributed by atoms with Crippen molar-refractivity contribution in [1.29, 1.82) is 0 Å². The molecule has 1 aliphatic heterocycles. The van der Waals surface area contributed by atoms with Gasteiger partial charge in [-0.25, -0.2) is 0 Å². The number of nitrogens with zero attached hydrogens (tertiary/aromatic N) is 1. The fourth-order valence-corrected chi connectivity index (χ4v) is 1.81. The van der Waals surface area contributed by atoms with Gasteiger partial charge >= 0.3 is 5.97 Å². The summed E-state index contributed by atoms with van der Waals surface area (Å²) in [5, 5.41) is 3.29.